The Morgan fingerprint density at radius 3 is 2.50 bits per heavy atom. The zero-order chi connectivity index (χ0) is 12.3. The van der Waals surface area contributed by atoms with Gasteiger partial charge in [-0.15, -0.1) is 0 Å². The van der Waals surface area contributed by atoms with Crippen molar-refractivity contribution < 1.29 is 9.72 Å². The number of para-hydroxylation sites is 1. The van der Waals surface area contributed by atoms with E-state index in [0.29, 0.717) is 5.01 Å². The van der Waals surface area contributed by atoms with Crippen LogP contribution in [0.2, 0.25) is 0 Å². The highest BCUT2D eigenvalue weighted by atomic mass is 32.1. The molecule has 7 nitrogen and oxygen atoms in total. The summed E-state index contributed by atoms with van der Waals surface area (Å²) < 4.78 is 0. The van der Waals surface area contributed by atoms with Crippen molar-refractivity contribution in [2.24, 2.45) is 11.6 Å². The summed E-state index contributed by atoms with van der Waals surface area (Å²) in [5.41, 5.74) is 4.63. The van der Waals surface area contributed by atoms with Crippen LogP contribution in [0.4, 0.5) is 5.69 Å². The van der Waals surface area contributed by atoms with Gasteiger partial charge in [0.05, 0.1) is 4.92 Å². The van der Waals surface area contributed by atoms with Crippen LogP contribution >= 0.6 is 12.2 Å². The molecule has 1 rings (SSSR count). The van der Waals surface area contributed by atoms with E-state index in [-0.39, 0.29) is 16.4 Å². The molecule has 0 radical (unpaired) electrons. The lowest BCUT2D eigenvalue weighted by Crippen LogP contribution is -2.45. The van der Waals surface area contributed by atoms with Crippen LogP contribution in [0.1, 0.15) is 10.4 Å². The molecule has 0 unspecified atom stereocenters. The topological polar surface area (TPSA) is 115 Å². The van der Waals surface area contributed by atoms with Crippen molar-refractivity contribution in [3.8, 4) is 0 Å². The smallest absolute Gasteiger partial charge is 0.282 e. The van der Waals surface area contributed by atoms with Gasteiger partial charge in [-0.25, -0.2) is 10.9 Å². The Morgan fingerprint density at radius 2 is 2.00 bits per heavy atom. The number of hydrazine groups is 1. The fraction of sp³-hybridized carbons (Fsp3) is 0. The first kappa shape index (κ1) is 12.0. The van der Waals surface area contributed by atoms with Gasteiger partial charge in [0, 0.05) is 6.07 Å². The SMILES string of the molecule is NC(=S)N(N)C(=O)c1ccccc1[N+](=O)[O-]. The van der Waals surface area contributed by atoms with E-state index in [0.717, 1.165) is 0 Å². The zero-order valence-corrected chi connectivity index (χ0v) is 8.81. The molecule has 4 N–H and O–H groups in total. The Bertz CT molecular complexity index is 462. The molecule has 0 atom stereocenters. The monoisotopic (exact) mass is 240 g/mol. The highest BCUT2D eigenvalue weighted by molar-refractivity contribution is 7.80. The number of carbonyl (C=O) groups is 1. The molecule has 84 valence electrons. The largest absolute Gasteiger partial charge is 0.375 e. The van der Waals surface area contributed by atoms with Crippen molar-refractivity contribution in [2.45, 2.75) is 0 Å². The average Bonchev–Trinajstić information content (AvgIpc) is 2.26. The fourth-order valence-electron chi connectivity index (χ4n) is 1.04. The van der Waals surface area contributed by atoms with E-state index in [2.05, 4.69) is 12.2 Å². The molecular formula is C8H8N4O3S. The lowest BCUT2D eigenvalue weighted by atomic mass is 10.1. The third-order valence-corrected chi connectivity index (χ3v) is 1.98. The molecule has 0 aliphatic heterocycles. The minimum atomic E-state index is -0.820. The maximum Gasteiger partial charge on any atom is 0.282 e. The van der Waals surface area contributed by atoms with E-state index >= 15 is 0 Å². The molecule has 0 saturated carbocycles. The molecule has 0 fully saturated rings. The molecule has 1 aromatic carbocycles. The van der Waals surface area contributed by atoms with Crippen LogP contribution in [-0.4, -0.2) is 21.0 Å². The normalized spacial score (nSPS) is 9.56. The summed E-state index contributed by atoms with van der Waals surface area (Å²) >= 11 is 4.49. The van der Waals surface area contributed by atoms with E-state index < -0.39 is 10.8 Å². The van der Waals surface area contributed by atoms with Gasteiger partial charge in [-0.3, -0.25) is 14.9 Å². The Balaban J connectivity index is 3.18. The van der Waals surface area contributed by atoms with E-state index in [4.69, 9.17) is 11.6 Å². The van der Waals surface area contributed by atoms with Crippen LogP contribution in [0, 0.1) is 10.1 Å². The van der Waals surface area contributed by atoms with E-state index in [1.165, 1.54) is 24.3 Å². The van der Waals surface area contributed by atoms with Crippen LogP contribution in [0.15, 0.2) is 24.3 Å². The summed E-state index contributed by atoms with van der Waals surface area (Å²) in [4.78, 5) is 21.6. The number of rotatable bonds is 2. The second-order valence-electron chi connectivity index (χ2n) is 2.79. The minimum absolute atomic E-state index is 0.164. The predicted molar refractivity (Wildman–Crippen MR) is 60.2 cm³/mol. The van der Waals surface area contributed by atoms with E-state index in [1.807, 2.05) is 0 Å². The number of thiocarbonyl (C=S) groups is 1. The van der Waals surface area contributed by atoms with Crippen molar-refractivity contribution in [3.05, 3.63) is 39.9 Å². The van der Waals surface area contributed by atoms with E-state index in [1.54, 1.807) is 0 Å². The first-order chi connectivity index (χ1) is 7.45. The Hall–Kier alpha value is -2.06. The number of nitrogens with zero attached hydrogens (tertiary/aromatic N) is 2. The van der Waals surface area contributed by atoms with Gasteiger partial charge in [-0.05, 0) is 18.3 Å². The second kappa shape index (κ2) is 4.64. The average molecular weight is 240 g/mol. The molecule has 0 heterocycles. The van der Waals surface area contributed by atoms with Crippen LogP contribution in [0.25, 0.3) is 0 Å². The minimum Gasteiger partial charge on any atom is -0.375 e. The number of nitrogens with two attached hydrogens (primary N) is 2. The number of carbonyl (C=O) groups excluding carboxylic acids is 1. The second-order valence-corrected chi connectivity index (χ2v) is 3.21. The molecule has 0 aliphatic carbocycles. The fourth-order valence-corrected chi connectivity index (χ4v) is 1.13. The highest BCUT2D eigenvalue weighted by Crippen LogP contribution is 2.18. The summed E-state index contributed by atoms with van der Waals surface area (Å²) in [7, 11) is 0. The van der Waals surface area contributed by atoms with Crippen LogP contribution in [0.3, 0.4) is 0 Å². The molecule has 16 heavy (non-hydrogen) atoms. The molecule has 8 heteroatoms. The lowest BCUT2D eigenvalue weighted by molar-refractivity contribution is -0.385. The summed E-state index contributed by atoms with van der Waals surface area (Å²) in [6.07, 6.45) is 0. The van der Waals surface area contributed by atoms with Gasteiger partial charge < -0.3 is 5.73 Å². The van der Waals surface area contributed by atoms with Crippen LogP contribution in [-0.2, 0) is 0 Å². The number of hydrogen-bond donors (Lipinski definition) is 2. The van der Waals surface area contributed by atoms with Crippen molar-refractivity contribution in [1.29, 1.82) is 0 Å². The van der Waals surface area contributed by atoms with Gasteiger partial charge in [-0.2, -0.15) is 0 Å². The van der Waals surface area contributed by atoms with Crippen LogP contribution in [0.5, 0.6) is 0 Å². The summed E-state index contributed by atoms with van der Waals surface area (Å²) in [6.45, 7) is 0. The Morgan fingerprint density at radius 1 is 1.44 bits per heavy atom. The molecule has 0 aromatic heterocycles. The molecule has 0 aliphatic rings. The maximum absolute atomic E-state index is 11.6. The van der Waals surface area contributed by atoms with Crippen molar-refractivity contribution >= 4 is 28.9 Å². The number of amides is 1. The Labute approximate surface area is 95.7 Å². The van der Waals surface area contributed by atoms with Gasteiger partial charge in [0.1, 0.15) is 5.56 Å². The predicted octanol–water partition coefficient (Wildman–Crippen LogP) is 0.154. The maximum atomic E-state index is 11.6. The summed E-state index contributed by atoms with van der Waals surface area (Å²) in [6, 6.07) is 5.39. The van der Waals surface area contributed by atoms with Gasteiger partial charge in [0.15, 0.2) is 5.11 Å². The Kier molecular flexibility index (Phi) is 3.48. The third kappa shape index (κ3) is 2.30. The third-order valence-electron chi connectivity index (χ3n) is 1.79. The number of nitro benzene ring substituents is 1. The lowest BCUT2D eigenvalue weighted by Gasteiger charge is -2.13. The molecule has 1 amide bonds. The number of nitro groups is 1. The number of hydrogen-bond acceptors (Lipinski definition) is 5. The summed E-state index contributed by atoms with van der Waals surface area (Å²) in [5.74, 6) is 4.44. The van der Waals surface area contributed by atoms with Gasteiger partial charge in [0.2, 0.25) is 0 Å². The number of benzene rings is 1. The van der Waals surface area contributed by atoms with Gasteiger partial charge in [0.25, 0.3) is 11.6 Å². The van der Waals surface area contributed by atoms with Gasteiger partial charge >= 0.3 is 0 Å². The van der Waals surface area contributed by atoms with Crippen molar-refractivity contribution in [1.82, 2.24) is 5.01 Å². The zero-order valence-electron chi connectivity index (χ0n) is 7.99. The molecule has 0 spiro atoms. The van der Waals surface area contributed by atoms with Crippen molar-refractivity contribution in [2.75, 3.05) is 0 Å². The first-order valence-corrected chi connectivity index (χ1v) is 4.48. The first-order valence-electron chi connectivity index (χ1n) is 4.07. The molecular weight excluding hydrogens is 232 g/mol. The highest BCUT2D eigenvalue weighted by Gasteiger charge is 2.23. The van der Waals surface area contributed by atoms with E-state index in [9.17, 15) is 14.9 Å². The van der Waals surface area contributed by atoms with Gasteiger partial charge in [-0.1, -0.05) is 12.1 Å². The summed E-state index contributed by atoms with van der Waals surface area (Å²) in [5, 5.41) is 10.8. The molecule has 1 aromatic rings. The standard InChI is InChI=1S/C8H8N4O3S/c9-8(16)11(10)7(13)5-3-1-2-4-6(5)12(14)15/h1-4H,10H2,(H2,9,16). The van der Waals surface area contributed by atoms with Crippen molar-refractivity contribution in [3.63, 3.8) is 0 Å². The quantitative estimate of drug-likeness (QED) is 0.250. The van der Waals surface area contributed by atoms with Crippen LogP contribution < -0.4 is 11.6 Å². The molecule has 0 saturated heterocycles. The molecule has 0 bridgehead atoms.